The van der Waals surface area contributed by atoms with Crippen molar-refractivity contribution in [2.75, 3.05) is 0 Å². The third-order valence-corrected chi connectivity index (χ3v) is 0.519. The van der Waals surface area contributed by atoms with Crippen LogP contribution in [0, 0.1) is 5.21 Å². The van der Waals surface area contributed by atoms with Crippen LogP contribution in [-0.2, 0) is 0 Å². The zero-order chi connectivity index (χ0) is 4.41. The Labute approximate surface area is 34.8 Å². The van der Waals surface area contributed by atoms with Gasteiger partial charge in [-0.3, -0.25) is 0 Å². The number of nitrogens with one attached hydrogen (secondary N) is 1. The maximum Gasteiger partial charge on any atom is 0.208 e. The summed E-state index contributed by atoms with van der Waals surface area (Å²) in [6.45, 7) is 0. The van der Waals surface area contributed by atoms with E-state index in [0.29, 0.717) is 4.85 Å². The Bertz CT molecular complexity index is 112. The van der Waals surface area contributed by atoms with Crippen molar-refractivity contribution < 1.29 is 4.85 Å². The molecule has 6 heavy (non-hydrogen) atoms. The van der Waals surface area contributed by atoms with E-state index in [1.54, 1.807) is 12.3 Å². The summed E-state index contributed by atoms with van der Waals surface area (Å²) >= 11 is 0. The number of aromatic nitrogens is 2. The molecule has 32 valence electrons. The van der Waals surface area contributed by atoms with Crippen molar-refractivity contribution in [3.63, 3.8) is 0 Å². The lowest BCUT2D eigenvalue weighted by molar-refractivity contribution is -0.664. The minimum Gasteiger partial charge on any atom is -0.596 e. The molecule has 0 saturated carbocycles. The van der Waals surface area contributed by atoms with Crippen LogP contribution < -0.4 is 4.85 Å². The van der Waals surface area contributed by atoms with Gasteiger partial charge in [0.15, 0.2) is 0 Å². The number of hydrogen-bond acceptors (Lipinski definition) is 1. The fourth-order valence-corrected chi connectivity index (χ4v) is 0.281. The summed E-state index contributed by atoms with van der Waals surface area (Å²) in [5, 5.41) is 12.3. The molecule has 0 unspecified atom stereocenters. The Morgan fingerprint density at radius 3 is 2.67 bits per heavy atom. The van der Waals surface area contributed by atoms with E-state index in [4.69, 9.17) is 0 Å². The highest BCUT2D eigenvalue weighted by atomic mass is 16.5. The van der Waals surface area contributed by atoms with Crippen molar-refractivity contribution in [2.24, 2.45) is 0 Å². The van der Waals surface area contributed by atoms with Crippen molar-refractivity contribution >= 4 is 0 Å². The minimum absolute atomic E-state index is 0.625. The van der Waals surface area contributed by atoms with Crippen molar-refractivity contribution in [1.29, 1.82) is 0 Å². The molecule has 0 aromatic carbocycles. The third-order valence-electron chi connectivity index (χ3n) is 0.519. The molecular weight excluding hydrogens is 80.0 g/mol. The first-order valence-corrected chi connectivity index (χ1v) is 1.62. The molecular formula is C3H4N2O. The quantitative estimate of drug-likeness (QED) is 0.339. The van der Waals surface area contributed by atoms with Crippen LogP contribution in [0.3, 0.4) is 0 Å². The second kappa shape index (κ2) is 1.01. The van der Waals surface area contributed by atoms with Gasteiger partial charge >= 0.3 is 0 Å². The van der Waals surface area contributed by atoms with E-state index in [2.05, 4.69) is 5.10 Å². The zero-order valence-corrected chi connectivity index (χ0v) is 3.09. The summed E-state index contributed by atoms with van der Waals surface area (Å²) in [6.07, 6.45) is 2.95. The van der Waals surface area contributed by atoms with Gasteiger partial charge in [-0.05, 0) is 0 Å². The molecule has 0 amide bonds. The molecule has 1 aromatic rings. The van der Waals surface area contributed by atoms with Crippen LogP contribution in [-0.4, -0.2) is 5.10 Å². The van der Waals surface area contributed by atoms with Crippen LogP contribution >= 0.6 is 0 Å². The normalized spacial score (nSPS) is 8.67. The molecule has 0 aliphatic rings. The first-order chi connectivity index (χ1) is 2.89. The van der Waals surface area contributed by atoms with Crippen LogP contribution in [0.5, 0.6) is 0 Å². The van der Waals surface area contributed by atoms with E-state index in [1.165, 1.54) is 6.20 Å². The molecule has 0 aliphatic heterocycles. The molecule has 0 bridgehead atoms. The lowest BCUT2D eigenvalue weighted by atomic mass is 10.8. The smallest absolute Gasteiger partial charge is 0.208 e. The minimum atomic E-state index is 0.625. The summed E-state index contributed by atoms with van der Waals surface area (Å²) < 4.78 is 0. The predicted molar refractivity (Wildman–Crippen MR) is 19.8 cm³/mol. The molecule has 0 atom stereocenters. The van der Waals surface area contributed by atoms with Crippen LogP contribution in [0.2, 0.25) is 0 Å². The number of nitrogens with zero attached hydrogens (tertiary/aromatic N) is 1. The topological polar surface area (TPSA) is 42.7 Å². The Hall–Kier alpha value is -0.990. The van der Waals surface area contributed by atoms with E-state index in [0.717, 1.165) is 0 Å². The van der Waals surface area contributed by atoms with Gasteiger partial charge in [-0.15, -0.1) is 0 Å². The molecule has 0 saturated heterocycles. The highest BCUT2D eigenvalue weighted by molar-refractivity contribution is 4.67. The summed E-state index contributed by atoms with van der Waals surface area (Å²) in [6, 6.07) is 1.63. The Kier molecular flexibility index (Phi) is 0.538. The maximum absolute atomic E-state index is 9.93. The highest BCUT2D eigenvalue weighted by Crippen LogP contribution is 1.62. The van der Waals surface area contributed by atoms with Gasteiger partial charge in [0.1, 0.15) is 0 Å². The van der Waals surface area contributed by atoms with Gasteiger partial charge in [-0.2, -0.15) is 5.10 Å². The van der Waals surface area contributed by atoms with Crippen LogP contribution in [0.15, 0.2) is 18.5 Å². The van der Waals surface area contributed by atoms with E-state index in [1.807, 2.05) is 0 Å². The molecule has 1 rings (SSSR count). The molecule has 3 heteroatoms. The summed E-state index contributed by atoms with van der Waals surface area (Å²) in [4.78, 5) is 0.625. The molecule has 0 fully saturated rings. The fourth-order valence-electron chi connectivity index (χ4n) is 0.281. The SMILES string of the molecule is [O-][n+]1ccc[nH]1. The number of H-pyrrole nitrogens is 1. The highest BCUT2D eigenvalue weighted by Gasteiger charge is 1.75. The number of rotatable bonds is 0. The van der Waals surface area contributed by atoms with E-state index >= 15 is 0 Å². The predicted octanol–water partition coefficient (Wildman–Crippen LogP) is -0.352. The van der Waals surface area contributed by atoms with Gasteiger partial charge in [-0.25, -0.2) is 0 Å². The van der Waals surface area contributed by atoms with Crippen molar-refractivity contribution in [3.05, 3.63) is 23.7 Å². The zero-order valence-electron chi connectivity index (χ0n) is 3.09. The lowest BCUT2D eigenvalue weighted by Crippen LogP contribution is -2.25. The average Bonchev–Trinajstić information content (AvgIpc) is 1.86. The Morgan fingerprint density at radius 1 is 1.67 bits per heavy atom. The fraction of sp³-hybridized carbons (Fsp3) is 0. The molecule has 1 aromatic heterocycles. The van der Waals surface area contributed by atoms with Gasteiger partial charge in [0.05, 0.1) is 6.20 Å². The van der Waals surface area contributed by atoms with Gasteiger partial charge in [-0.1, -0.05) is 4.85 Å². The van der Waals surface area contributed by atoms with Crippen molar-refractivity contribution in [2.45, 2.75) is 0 Å². The van der Waals surface area contributed by atoms with E-state index < -0.39 is 0 Å². The van der Waals surface area contributed by atoms with Crippen LogP contribution in [0.25, 0.3) is 0 Å². The molecule has 0 spiro atoms. The van der Waals surface area contributed by atoms with Gasteiger partial charge < -0.3 is 5.21 Å². The standard InChI is InChI=1S/C3H4N2O/c6-5-3-1-2-4-5/h1-4H. The number of aromatic amines is 1. The Balaban J connectivity index is 3.05. The molecule has 0 radical (unpaired) electrons. The summed E-state index contributed by atoms with van der Waals surface area (Å²) in [5.41, 5.74) is 0. The van der Waals surface area contributed by atoms with E-state index in [9.17, 15) is 5.21 Å². The largest absolute Gasteiger partial charge is 0.596 e. The first kappa shape index (κ1) is 3.21. The molecule has 0 aliphatic carbocycles. The molecule has 3 nitrogen and oxygen atoms in total. The molecule has 1 heterocycles. The molecule has 1 N–H and O–H groups in total. The number of hydrogen-bond donors (Lipinski definition) is 1. The monoisotopic (exact) mass is 84.0 g/mol. The second-order valence-corrected chi connectivity index (χ2v) is 0.963. The Morgan fingerprint density at radius 2 is 2.50 bits per heavy atom. The van der Waals surface area contributed by atoms with Gasteiger partial charge in [0, 0.05) is 6.07 Å². The summed E-state index contributed by atoms with van der Waals surface area (Å²) in [7, 11) is 0. The van der Waals surface area contributed by atoms with Gasteiger partial charge in [0.25, 0.3) is 0 Å². The lowest BCUT2D eigenvalue weighted by Gasteiger charge is -1.79. The van der Waals surface area contributed by atoms with E-state index in [-0.39, 0.29) is 0 Å². The van der Waals surface area contributed by atoms with Gasteiger partial charge in [0.2, 0.25) is 6.20 Å². The van der Waals surface area contributed by atoms with Crippen LogP contribution in [0.1, 0.15) is 0 Å². The second-order valence-electron chi connectivity index (χ2n) is 0.963. The maximum atomic E-state index is 9.93. The van der Waals surface area contributed by atoms with Crippen molar-refractivity contribution in [3.8, 4) is 0 Å². The van der Waals surface area contributed by atoms with Crippen LogP contribution in [0.4, 0.5) is 0 Å². The first-order valence-electron chi connectivity index (χ1n) is 1.62. The average molecular weight is 84.1 g/mol. The van der Waals surface area contributed by atoms with Crippen molar-refractivity contribution in [1.82, 2.24) is 5.10 Å². The summed E-state index contributed by atoms with van der Waals surface area (Å²) in [5.74, 6) is 0. The third kappa shape index (κ3) is 0.337.